The lowest BCUT2D eigenvalue weighted by atomic mass is 9.97. The van der Waals surface area contributed by atoms with E-state index in [0.29, 0.717) is 12.1 Å². The molecule has 0 saturated carbocycles. The summed E-state index contributed by atoms with van der Waals surface area (Å²) in [4.78, 5) is 0. The van der Waals surface area contributed by atoms with E-state index < -0.39 is 0 Å². The van der Waals surface area contributed by atoms with Gasteiger partial charge in [0.1, 0.15) is 5.82 Å². The van der Waals surface area contributed by atoms with E-state index in [9.17, 15) is 4.39 Å². The molecule has 0 heterocycles. The van der Waals surface area contributed by atoms with E-state index in [4.69, 9.17) is 5.26 Å². The van der Waals surface area contributed by atoms with Crippen molar-refractivity contribution >= 4 is 0 Å². The third-order valence-corrected chi connectivity index (χ3v) is 3.42. The summed E-state index contributed by atoms with van der Waals surface area (Å²) in [6.07, 6.45) is 8.48. The van der Waals surface area contributed by atoms with Crippen molar-refractivity contribution in [3.63, 3.8) is 0 Å². The van der Waals surface area contributed by atoms with Gasteiger partial charge in [0.05, 0.1) is 11.6 Å². The first-order chi connectivity index (χ1) is 9.28. The summed E-state index contributed by atoms with van der Waals surface area (Å²) in [5.74, 6) is -0.342. The van der Waals surface area contributed by atoms with Gasteiger partial charge in [-0.3, -0.25) is 0 Å². The van der Waals surface area contributed by atoms with Gasteiger partial charge in [0.2, 0.25) is 0 Å². The number of allylic oxidation sites excluding steroid dienone is 1. The summed E-state index contributed by atoms with van der Waals surface area (Å²) in [5.41, 5.74) is 2.75. The smallest absolute Gasteiger partial charge is 0.124 e. The minimum Gasteiger partial charge on any atom is -0.312 e. The highest BCUT2D eigenvalue weighted by Gasteiger charge is 2.04. The highest BCUT2D eigenvalue weighted by atomic mass is 19.1. The van der Waals surface area contributed by atoms with Crippen molar-refractivity contribution in [3.8, 4) is 6.07 Å². The maximum atomic E-state index is 13.2. The maximum absolute atomic E-state index is 13.2. The lowest BCUT2D eigenvalue weighted by Crippen LogP contribution is -2.16. The van der Waals surface area contributed by atoms with Crippen molar-refractivity contribution in [2.24, 2.45) is 0 Å². The monoisotopic (exact) mass is 258 g/mol. The summed E-state index contributed by atoms with van der Waals surface area (Å²) < 4.78 is 13.2. The molecule has 0 unspecified atom stereocenters. The summed E-state index contributed by atoms with van der Waals surface area (Å²) >= 11 is 0. The standard InChI is InChI=1S/C16H19FN2/c17-16-9-14(11-18)8-15(10-16)12-19-7-6-13-4-2-1-3-5-13/h4,8-10,19H,1-3,5-7,12H2. The molecule has 0 bridgehead atoms. The Bertz CT molecular complexity index is 500. The molecule has 1 aromatic rings. The van der Waals surface area contributed by atoms with Crippen LogP contribution >= 0.6 is 0 Å². The molecule has 0 saturated heterocycles. The predicted molar refractivity (Wildman–Crippen MR) is 74.0 cm³/mol. The summed E-state index contributed by atoms with van der Waals surface area (Å²) in [6, 6.07) is 6.45. The molecular formula is C16H19FN2. The predicted octanol–water partition coefficient (Wildman–Crippen LogP) is 3.68. The second-order valence-corrected chi connectivity index (χ2v) is 4.99. The van der Waals surface area contributed by atoms with Gasteiger partial charge in [0.15, 0.2) is 0 Å². The van der Waals surface area contributed by atoms with Crippen LogP contribution in [0.3, 0.4) is 0 Å². The largest absolute Gasteiger partial charge is 0.312 e. The molecule has 1 aliphatic carbocycles. The van der Waals surface area contributed by atoms with E-state index in [1.165, 1.54) is 43.4 Å². The fourth-order valence-corrected chi connectivity index (χ4v) is 2.43. The number of benzene rings is 1. The average Bonchev–Trinajstić information content (AvgIpc) is 2.44. The third kappa shape index (κ3) is 4.50. The molecule has 0 radical (unpaired) electrons. The first-order valence-electron chi connectivity index (χ1n) is 6.86. The zero-order chi connectivity index (χ0) is 13.5. The lowest BCUT2D eigenvalue weighted by molar-refractivity contribution is 0.614. The quantitative estimate of drug-likeness (QED) is 0.646. The van der Waals surface area contributed by atoms with Gasteiger partial charge in [-0.05, 0) is 62.4 Å². The van der Waals surface area contributed by atoms with Gasteiger partial charge in [0.25, 0.3) is 0 Å². The molecular weight excluding hydrogens is 239 g/mol. The fraction of sp³-hybridized carbons (Fsp3) is 0.438. The van der Waals surface area contributed by atoms with Crippen LogP contribution in [0.15, 0.2) is 29.8 Å². The van der Waals surface area contributed by atoms with Crippen molar-refractivity contribution in [1.29, 1.82) is 5.26 Å². The summed E-state index contributed by atoms with van der Waals surface area (Å²) in [7, 11) is 0. The van der Waals surface area contributed by atoms with Gasteiger partial charge < -0.3 is 5.32 Å². The minimum atomic E-state index is -0.342. The van der Waals surface area contributed by atoms with Gasteiger partial charge >= 0.3 is 0 Å². The SMILES string of the molecule is N#Cc1cc(F)cc(CNCCC2=CCCCC2)c1. The first kappa shape index (κ1) is 13.8. The molecule has 0 fully saturated rings. The Morgan fingerprint density at radius 2 is 2.16 bits per heavy atom. The zero-order valence-corrected chi connectivity index (χ0v) is 11.1. The van der Waals surface area contributed by atoms with Crippen LogP contribution < -0.4 is 5.32 Å². The van der Waals surface area contributed by atoms with Crippen molar-refractivity contribution in [2.75, 3.05) is 6.54 Å². The maximum Gasteiger partial charge on any atom is 0.124 e. The Morgan fingerprint density at radius 1 is 1.26 bits per heavy atom. The van der Waals surface area contributed by atoms with Crippen LogP contribution in [0.5, 0.6) is 0 Å². The van der Waals surface area contributed by atoms with Gasteiger partial charge in [-0.2, -0.15) is 5.26 Å². The van der Waals surface area contributed by atoms with Crippen LogP contribution in [0.1, 0.15) is 43.2 Å². The molecule has 100 valence electrons. The normalized spacial score (nSPS) is 14.8. The Hall–Kier alpha value is -1.66. The van der Waals surface area contributed by atoms with Gasteiger partial charge in [-0.25, -0.2) is 4.39 Å². The highest BCUT2D eigenvalue weighted by Crippen LogP contribution is 2.19. The van der Waals surface area contributed by atoms with E-state index in [1.807, 2.05) is 6.07 Å². The number of hydrogen-bond acceptors (Lipinski definition) is 2. The molecule has 0 spiro atoms. The Balaban J connectivity index is 1.78. The van der Waals surface area contributed by atoms with E-state index >= 15 is 0 Å². The summed E-state index contributed by atoms with van der Waals surface area (Å²) in [6.45, 7) is 1.52. The number of halogens is 1. The van der Waals surface area contributed by atoms with Crippen LogP contribution in [-0.2, 0) is 6.54 Å². The third-order valence-electron chi connectivity index (χ3n) is 3.42. The van der Waals surface area contributed by atoms with Crippen LogP contribution in [0.25, 0.3) is 0 Å². The van der Waals surface area contributed by atoms with Crippen molar-refractivity contribution in [2.45, 2.75) is 38.6 Å². The van der Waals surface area contributed by atoms with Crippen LogP contribution in [-0.4, -0.2) is 6.54 Å². The Morgan fingerprint density at radius 3 is 2.89 bits per heavy atom. The van der Waals surface area contributed by atoms with Crippen molar-refractivity contribution < 1.29 is 4.39 Å². The summed E-state index contributed by atoms with van der Waals surface area (Å²) in [5, 5.41) is 12.1. The number of hydrogen-bond donors (Lipinski definition) is 1. The molecule has 3 heteroatoms. The molecule has 1 aliphatic rings. The zero-order valence-electron chi connectivity index (χ0n) is 11.1. The lowest BCUT2D eigenvalue weighted by Gasteiger charge is -2.13. The van der Waals surface area contributed by atoms with E-state index in [1.54, 1.807) is 6.07 Å². The van der Waals surface area contributed by atoms with Gasteiger partial charge in [-0.1, -0.05) is 11.6 Å². The first-order valence-corrected chi connectivity index (χ1v) is 6.86. The second kappa shape index (κ2) is 7.06. The molecule has 1 aromatic carbocycles. The number of nitrogens with one attached hydrogen (secondary N) is 1. The topological polar surface area (TPSA) is 35.8 Å². The van der Waals surface area contributed by atoms with E-state index in [2.05, 4.69) is 11.4 Å². The number of nitrogens with zero attached hydrogens (tertiary/aromatic N) is 1. The van der Waals surface area contributed by atoms with Gasteiger partial charge in [0, 0.05) is 6.54 Å². The fourth-order valence-electron chi connectivity index (χ4n) is 2.43. The Labute approximate surface area is 113 Å². The Kier molecular flexibility index (Phi) is 5.11. The molecule has 19 heavy (non-hydrogen) atoms. The molecule has 0 amide bonds. The van der Waals surface area contributed by atoms with Gasteiger partial charge in [-0.15, -0.1) is 0 Å². The minimum absolute atomic E-state index is 0.342. The van der Waals surface area contributed by atoms with Crippen molar-refractivity contribution in [3.05, 3.63) is 46.8 Å². The van der Waals surface area contributed by atoms with Crippen LogP contribution in [0.2, 0.25) is 0 Å². The number of nitriles is 1. The highest BCUT2D eigenvalue weighted by molar-refractivity contribution is 5.33. The molecule has 0 aromatic heterocycles. The van der Waals surface area contributed by atoms with E-state index in [-0.39, 0.29) is 5.82 Å². The second-order valence-electron chi connectivity index (χ2n) is 4.99. The molecule has 2 nitrogen and oxygen atoms in total. The average molecular weight is 258 g/mol. The van der Waals surface area contributed by atoms with Crippen LogP contribution in [0.4, 0.5) is 4.39 Å². The van der Waals surface area contributed by atoms with E-state index in [0.717, 1.165) is 18.5 Å². The molecule has 0 atom stereocenters. The number of rotatable bonds is 5. The molecule has 0 aliphatic heterocycles. The van der Waals surface area contributed by atoms with Crippen LogP contribution in [0, 0.1) is 17.1 Å². The molecule has 2 rings (SSSR count). The van der Waals surface area contributed by atoms with Crippen molar-refractivity contribution in [1.82, 2.24) is 5.32 Å². The molecule has 1 N–H and O–H groups in total.